The van der Waals surface area contributed by atoms with Crippen LogP contribution in [0.1, 0.15) is 38.5 Å². The summed E-state index contributed by atoms with van der Waals surface area (Å²) in [5, 5.41) is 0.683. The van der Waals surface area contributed by atoms with Crippen molar-refractivity contribution in [3.63, 3.8) is 0 Å². The van der Waals surface area contributed by atoms with Crippen molar-refractivity contribution < 1.29 is 0 Å². The van der Waals surface area contributed by atoms with E-state index < -0.39 is 0 Å². The van der Waals surface area contributed by atoms with E-state index >= 15 is 0 Å². The zero-order chi connectivity index (χ0) is 11.7. The molecule has 0 radical (unpaired) electrons. The lowest BCUT2D eigenvalue weighted by molar-refractivity contribution is 0.152. The van der Waals surface area contributed by atoms with Crippen molar-refractivity contribution in [3.8, 4) is 0 Å². The van der Waals surface area contributed by atoms with Crippen LogP contribution in [0.2, 0.25) is 0 Å². The molecule has 0 amide bonds. The van der Waals surface area contributed by atoms with E-state index in [1.807, 2.05) is 6.20 Å². The Hall–Kier alpha value is -0.610. The molecule has 16 heavy (non-hydrogen) atoms. The van der Waals surface area contributed by atoms with Crippen LogP contribution in [0.25, 0.3) is 0 Å². The molecule has 4 heteroatoms. The van der Waals surface area contributed by atoms with Gasteiger partial charge in [-0.2, -0.15) is 0 Å². The molecule has 0 saturated heterocycles. The zero-order valence-electron chi connectivity index (χ0n) is 10.3. The van der Waals surface area contributed by atoms with E-state index in [9.17, 15) is 0 Å². The molecule has 1 heterocycles. The van der Waals surface area contributed by atoms with Crippen LogP contribution in [0.5, 0.6) is 0 Å². The normalized spacial score (nSPS) is 18.3. The summed E-state index contributed by atoms with van der Waals surface area (Å²) in [5.74, 6) is 0.700. The lowest BCUT2D eigenvalue weighted by Gasteiger charge is -2.31. The average Bonchev–Trinajstić information content (AvgIpc) is 2.98. The molecular formula is C12H21N3S. The average molecular weight is 239 g/mol. The topological polar surface area (TPSA) is 42.2 Å². The van der Waals surface area contributed by atoms with Crippen LogP contribution >= 0.6 is 11.3 Å². The molecule has 1 atom stereocenters. The molecule has 1 fully saturated rings. The quantitative estimate of drug-likeness (QED) is 0.859. The summed E-state index contributed by atoms with van der Waals surface area (Å²) >= 11 is 1.62. The molecule has 1 aromatic heterocycles. The second-order valence-corrected chi connectivity index (χ2v) is 6.20. The Morgan fingerprint density at radius 3 is 2.62 bits per heavy atom. The molecule has 2 N–H and O–H groups in total. The van der Waals surface area contributed by atoms with Crippen molar-refractivity contribution in [2.45, 2.75) is 52.2 Å². The van der Waals surface area contributed by atoms with Crippen molar-refractivity contribution in [1.82, 2.24) is 9.88 Å². The summed E-state index contributed by atoms with van der Waals surface area (Å²) in [6.45, 7) is 7.93. The summed E-state index contributed by atoms with van der Waals surface area (Å²) < 4.78 is 0. The van der Waals surface area contributed by atoms with E-state index in [-0.39, 0.29) is 0 Å². The van der Waals surface area contributed by atoms with Crippen molar-refractivity contribution in [1.29, 1.82) is 0 Å². The third-order valence-electron chi connectivity index (χ3n) is 3.41. The lowest BCUT2D eigenvalue weighted by atomic mass is 10.0. The van der Waals surface area contributed by atoms with Crippen LogP contribution in [0.4, 0.5) is 5.13 Å². The van der Waals surface area contributed by atoms with Gasteiger partial charge in [-0.05, 0) is 25.7 Å². The summed E-state index contributed by atoms with van der Waals surface area (Å²) in [5.41, 5.74) is 5.67. The van der Waals surface area contributed by atoms with Gasteiger partial charge < -0.3 is 5.73 Å². The molecule has 2 rings (SSSR count). The van der Waals surface area contributed by atoms with E-state index in [2.05, 4.69) is 30.7 Å². The molecular weight excluding hydrogens is 218 g/mol. The second-order valence-electron chi connectivity index (χ2n) is 5.05. The minimum Gasteiger partial charge on any atom is -0.375 e. The van der Waals surface area contributed by atoms with Gasteiger partial charge in [0.2, 0.25) is 0 Å². The van der Waals surface area contributed by atoms with E-state index in [0.717, 1.165) is 12.6 Å². The number of anilines is 1. The minimum absolute atomic E-state index is 0.635. The van der Waals surface area contributed by atoms with Crippen LogP contribution in [-0.4, -0.2) is 22.0 Å². The van der Waals surface area contributed by atoms with Gasteiger partial charge in [-0.25, -0.2) is 4.98 Å². The summed E-state index contributed by atoms with van der Waals surface area (Å²) in [6.07, 6.45) is 4.62. The van der Waals surface area contributed by atoms with Gasteiger partial charge in [-0.15, -0.1) is 11.3 Å². The van der Waals surface area contributed by atoms with Gasteiger partial charge in [0.25, 0.3) is 0 Å². The van der Waals surface area contributed by atoms with Crippen molar-refractivity contribution in [3.05, 3.63) is 11.1 Å². The smallest absolute Gasteiger partial charge is 0.180 e. The Bertz CT molecular complexity index is 344. The Morgan fingerprint density at radius 1 is 1.50 bits per heavy atom. The SMILES string of the molecule is CC(C)C(C)N(Cc1cnc(N)s1)C1CC1. The number of aromatic nitrogens is 1. The molecule has 1 aliphatic carbocycles. The minimum atomic E-state index is 0.635. The van der Waals surface area contributed by atoms with Gasteiger partial charge in [-0.3, -0.25) is 4.90 Å². The fraction of sp³-hybridized carbons (Fsp3) is 0.750. The molecule has 3 nitrogen and oxygen atoms in total. The third-order valence-corrected chi connectivity index (χ3v) is 4.22. The Labute approximate surface area is 102 Å². The molecule has 0 spiro atoms. The number of hydrogen-bond acceptors (Lipinski definition) is 4. The molecule has 90 valence electrons. The Balaban J connectivity index is 2.02. The van der Waals surface area contributed by atoms with Crippen LogP contribution in [0, 0.1) is 5.92 Å². The van der Waals surface area contributed by atoms with Crippen LogP contribution < -0.4 is 5.73 Å². The molecule has 1 unspecified atom stereocenters. The first kappa shape index (κ1) is 11.9. The first-order valence-corrected chi connectivity index (χ1v) is 6.85. The highest BCUT2D eigenvalue weighted by Crippen LogP contribution is 2.33. The van der Waals surface area contributed by atoms with Gasteiger partial charge in [0.15, 0.2) is 5.13 Å². The van der Waals surface area contributed by atoms with Gasteiger partial charge in [0.1, 0.15) is 0 Å². The van der Waals surface area contributed by atoms with Gasteiger partial charge in [0, 0.05) is 29.7 Å². The lowest BCUT2D eigenvalue weighted by Crippen LogP contribution is -2.37. The molecule has 1 saturated carbocycles. The van der Waals surface area contributed by atoms with Gasteiger partial charge in [0.05, 0.1) is 0 Å². The van der Waals surface area contributed by atoms with Crippen LogP contribution in [-0.2, 0) is 6.54 Å². The molecule has 1 aliphatic rings. The standard InChI is InChI=1S/C12H21N3S/c1-8(2)9(3)15(10-4-5-10)7-11-6-14-12(13)16-11/h6,8-10H,4-5,7H2,1-3H3,(H2,13,14). The first-order chi connectivity index (χ1) is 7.58. The first-order valence-electron chi connectivity index (χ1n) is 6.04. The van der Waals surface area contributed by atoms with Crippen molar-refractivity contribution in [2.24, 2.45) is 5.92 Å². The summed E-state index contributed by atoms with van der Waals surface area (Å²) in [4.78, 5) is 8.02. The summed E-state index contributed by atoms with van der Waals surface area (Å²) in [6, 6.07) is 1.43. The number of nitrogens with two attached hydrogens (primary N) is 1. The van der Waals surface area contributed by atoms with Crippen molar-refractivity contribution >= 4 is 16.5 Å². The summed E-state index contributed by atoms with van der Waals surface area (Å²) in [7, 11) is 0. The van der Waals surface area contributed by atoms with Crippen LogP contribution in [0.15, 0.2) is 6.20 Å². The van der Waals surface area contributed by atoms with E-state index in [4.69, 9.17) is 5.73 Å². The maximum atomic E-state index is 5.67. The van der Waals surface area contributed by atoms with E-state index in [1.54, 1.807) is 11.3 Å². The molecule has 0 bridgehead atoms. The number of hydrogen-bond donors (Lipinski definition) is 1. The van der Waals surface area contributed by atoms with Crippen LogP contribution in [0.3, 0.4) is 0 Å². The number of nitrogens with zero attached hydrogens (tertiary/aromatic N) is 2. The maximum Gasteiger partial charge on any atom is 0.180 e. The number of nitrogen functional groups attached to an aromatic ring is 1. The highest BCUT2D eigenvalue weighted by Gasteiger charge is 2.33. The fourth-order valence-electron chi connectivity index (χ4n) is 1.97. The predicted octanol–water partition coefficient (Wildman–Crippen LogP) is 2.73. The fourth-order valence-corrected chi connectivity index (χ4v) is 2.66. The second kappa shape index (κ2) is 4.72. The number of thiazole rings is 1. The largest absolute Gasteiger partial charge is 0.375 e. The van der Waals surface area contributed by atoms with E-state index in [0.29, 0.717) is 17.1 Å². The zero-order valence-corrected chi connectivity index (χ0v) is 11.1. The molecule has 0 aromatic carbocycles. The van der Waals surface area contributed by atoms with Gasteiger partial charge >= 0.3 is 0 Å². The highest BCUT2D eigenvalue weighted by atomic mass is 32.1. The number of rotatable bonds is 5. The monoisotopic (exact) mass is 239 g/mol. The molecule has 1 aromatic rings. The van der Waals surface area contributed by atoms with Gasteiger partial charge in [-0.1, -0.05) is 13.8 Å². The van der Waals surface area contributed by atoms with E-state index in [1.165, 1.54) is 17.7 Å². The Morgan fingerprint density at radius 2 is 2.19 bits per heavy atom. The predicted molar refractivity (Wildman–Crippen MR) is 69.4 cm³/mol. The van der Waals surface area contributed by atoms with Crippen molar-refractivity contribution in [2.75, 3.05) is 5.73 Å². The maximum absolute atomic E-state index is 5.67. The highest BCUT2D eigenvalue weighted by molar-refractivity contribution is 7.15. The third kappa shape index (κ3) is 2.74. The molecule has 0 aliphatic heterocycles. The Kier molecular flexibility index (Phi) is 3.50.